The Morgan fingerprint density at radius 1 is 1.53 bits per heavy atom. The number of amides is 1. The van der Waals surface area contributed by atoms with Gasteiger partial charge in [-0.1, -0.05) is 0 Å². The summed E-state index contributed by atoms with van der Waals surface area (Å²) >= 11 is 3.30. The van der Waals surface area contributed by atoms with Gasteiger partial charge in [0.05, 0.1) is 0 Å². The molecule has 1 aromatic rings. The predicted octanol–water partition coefficient (Wildman–Crippen LogP) is 0.854. The molecule has 1 amide bonds. The van der Waals surface area contributed by atoms with E-state index in [0.29, 0.717) is 19.0 Å². The highest BCUT2D eigenvalue weighted by molar-refractivity contribution is 9.10. The second kappa shape index (κ2) is 6.34. The number of nitrogens with zero attached hydrogens (tertiary/aromatic N) is 1. The number of halogens is 1. The largest absolute Gasteiger partial charge is 0.354 e. The van der Waals surface area contributed by atoms with Crippen molar-refractivity contribution in [1.29, 1.82) is 0 Å². The lowest BCUT2D eigenvalue weighted by Crippen LogP contribution is -2.39. The summed E-state index contributed by atoms with van der Waals surface area (Å²) in [6.07, 6.45) is 4.31. The average molecular weight is 328 g/mol. The molecule has 6 heteroatoms. The van der Waals surface area contributed by atoms with Crippen LogP contribution in [-0.4, -0.2) is 23.1 Å². The molecule has 1 aromatic heterocycles. The van der Waals surface area contributed by atoms with Gasteiger partial charge in [-0.2, -0.15) is 0 Å². The van der Waals surface area contributed by atoms with Crippen LogP contribution in [-0.2, 0) is 11.3 Å². The topological polar surface area (TPSA) is 77.1 Å². The summed E-state index contributed by atoms with van der Waals surface area (Å²) in [5, 5.41) is 2.82. The van der Waals surface area contributed by atoms with Crippen molar-refractivity contribution in [1.82, 2.24) is 9.88 Å². The van der Waals surface area contributed by atoms with Crippen molar-refractivity contribution in [2.24, 2.45) is 11.7 Å². The van der Waals surface area contributed by atoms with E-state index >= 15 is 0 Å². The summed E-state index contributed by atoms with van der Waals surface area (Å²) < 4.78 is 2.34. The van der Waals surface area contributed by atoms with Gasteiger partial charge >= 0.3 is 0 Å². The molecule has 0 aliphatic heterocycles. The number of rotatable bonds is 6. The maximum atomic E-state index is 11.7. The van der Waals surface area contributed by atoms with E-state index in [2.05, 4.69) is 21.2 Å². The molecule has 19 heavy (non-hydrogen) atoms. The number of aryl methyl sites for hydroxylation is 1. The van der Waals surface area contributed by atoms with E-state index in [1.54, 1.807) is 12.3 Å². The highest BCUT2D eigenvalue weighted by atomic mass is 79.9. The molecule has 0 saturated heterocycles. The Hall–Kier alpha value is -1.14. The Balaban J connectivity index is 1.76. The van der Waals surface area contributed by atoms with Crippen LogP contribution in [0.4, 0.5) is 0 Å². The first-order valence-corrected chi connectivity index (χ1v) is 7.24. The molecule has 1 saturated carbocycles. The van der Waals surface area contributed by atoms with Crippen molar-refractivity contribution >= 4 is 21.8 Å². The number of nitrogens with two attached hydrogens (primary N) is 1. The first-order chi connectivity index (χ1) is 9.06. The Morgan fingerprint density at radius 2 is 2.26 bits per heavy atom. The molecule has 0 spiro atoms. The van der Waals surface area contributed by atoms with Gasteiger partial charge in [0.2, 0.25) is 5.91 Å². The van der Waals surface area contributed by atoms with E-state index in [1.165, 1.54) is 23.5 Å². The van der Waals surface area contributed by atoms with Crippen molar-refractivity contribution in [3.05, 3.63) is 33.2 Å². The van der Waals surface area contributed by atoms with Crippen molar-refractivity contribution in [3.8, 4) is 0 Å². The lowest BCUT2D eigenvalue weighted by atomic mass is 10.2. The fraction of sp³-hybridized carbons (Fsp3) is 0.538. The Morgan fingerprint density at radius 3 is 2.95 bits per heavy atom. The van der Waals surface area contributed by atoms with E-state index in [9.17, 15) is 9.59 Å². The lowest BCUT2D eigenvalue weighted by molar-refractivity contribution is -0.121. The minimum atomic E-state index is -0.106. The SMILES string of the molecule is NC(CNC(=O)CCn1cc(Br)ccc1=O)C1CC1. The van der Waals surface area contributed by atoms with Crippen molar-refractivity contribution in [2.75, 3.05) is 6.54 Å². The highest BCUT2D eigenvalue weighted by Gasteiger charge is 2.28. The summed E-state index contributed by atoms with van der Waals surface area (Å²) in [6.45, 7) is 0.902. The van der Waals surface area contributed by atoms with Crippen LogP contribution in [0.1, 0.15) is 19.3 Å². The minimum Gasteiger partial charge on any atom is -0.354 e. The monoisotopic (exact) mass is 327 g/mol. The maximum absolute atomic E-state index is 11.7. The molecule has 0 bridgehead atoms. The van der Waals surface area contributed by atoms with Gasteiger partial charge in [-0.3, -0.25) is 9.59 Å². The molecule has 3 N–H and O–H groups in total. The molecule has 1 fully saturated rings. The van der Waals surface area contributed by atoms with Crippen LogP contribution in [0.25, 0.3) is 0 Å². The molecule has 1 heterocycles. The summed E-state index contributed by atoms with van der Waals surface area (Å²) in [5.41, 5.74) is 5.80. The third kappa shape index (κ3) is 4.47. The third-order valence-corrected chi connectivity index (χ3v) is 3.76. The van der Waals surface area contributed by atoms with E-state index in [1.807, 2.05) is 0 Å². The van der Waals surface area contributed by atoms with Crippen molar-refractivity contribution in [2.45, 2.75) is 31.8 Å². The van der Waals surface area contributed by atoms with Gasteiger partial charge in [-0.05, 0) is 40.8 Å². The van der Waals surface area contributed by atoms with Crippen LogP contribution in [0.5, 0.6) is 0 Å². The van der Waals surface area contributed by atoms with Gasteiger partial charge in [0.1, 0.15) is 0 Å². The summed E-state index contributed by atoms with van der Waals surface area (Å²) in [6, 6.07) is 3.23. The summed E-state index contributed by atoms with van der Waals surface area (Å²) in [7, 11) is 0. The molecular weight excluding hydrogens is 310 g/mol. The Bertz CT molecular complexity index is 511. The van der Waals surface area contributed by atoms with Gasteiger partial charge in [0, 0.05) is 42.3 Å². The van der Waals surface area contributed by atoms with Crippen LogP contribution >= 0.6 is 15.9 Å². The molecule has 1 unspecified atom stereocenters. The zero-order valence-electron chi connectivity index (χ0n) is 10.6. The molecule has 104 valence electrons. The maximum Gasteiger partial charge on any atom is 0.250 e. The second-order valence-corrected chi connectivity index (χ2v) is 5.85. The first kappa shape index (κ1) is 14.3. The average Bonchev–Trinajstić information content (AvgIpc) is 3.21. The minimum absolute atomic E-state index is 0.0667. The number of carbonyl (C=O) groups is 1. The van der Waals surface area contributed by atoms with Crippen LogP contribution in [0.15, 0.2) is 27.6 Å². The Kier molecular flexibility index (Phi) is 4.76. The van der Waals surface area contributed by atoms with Crippen LogP contribution in [0.2, 0.25) is 0 Å². The molecule has 2 rings (SSSR count). The normalized spacial score (nSPS) is 16.1. The first-order valence-electron chi connectivity index (χ1n) is 6.44. The van der Waals surface area contributed by atoms with Crippen LogP contribution in [0, 0.1) is 5.92 Å². The molecule has 5 nitrogen and oxygen atoms in total. The number of nitrogens with one attached hydrogen (secondary N) is 1. The standard InChI is InChI=1S/C13H18BrN3O2/c14-10-3-4-13(19)17(8-10)6-5-12(18)16-7-11(15)9-1-2-9/h3-4,8-9,11H,1-2,5-7,15H2,(H,16,18). The van der Waals surface area contributed by atoms with E-state index in [-0.39, 0.29) is 23.9 Å². The lowest BCUT2D eigenvalue weighted by Gasteiger charge is -2.12. The van der Waals surface area contributed by atoms with Gasteiger partial charge in [0.15, 0.2) is 0 Å². The number of hydrogen-bond donors (Lipinski definition) is 2. The van der Waals surface area contributed by atoms with E-state index < -0.39 is 0 Å². The fourth-order valence-corrected chi connectivity index (χ4v) is 2.29. The zero-order valence-corrected chi connectivity index (χ0v) is 12.2. The smallest absolute Gasteiger partial charge is 0.250 e. The third-order valence-electron chi connectivity index (χ3n) is 3.29. The predicted molar refractivity (Wildman–Crippen MR) is 76.7 cm³/mol. The molecule has 0 radical (unpaired) electrons. The summed E-state index contributed by atoms with van der Waals surface area (Å²) in [5.74, 6) is 0.510. The molecule has 1 atom stereocenters. The molecule has 0 aromatic carbocycles. The van der Waals surface area contributed by atoms with E-state index in [4.69, 9.17) is 5.73 Å². The van der Waals surface area contributed by atoms with Crippen LogP contribution < -0.4 is 16.6 Å². The fourth-order valence-electron chi connectivity index (χ4n) is 1.91. The number of pyridine rings is 1. The number of hydrogen-bond acceptors (Lipinski definition) is 3. The second-order valence-electron chi connectivity index (χ2n) is 4.93. The van der Waals surface area contributed by atoms with Gasteiger partial charge in [0.25, 0.3) is 5.56 Å². The van der Waals surface area contributed by atoms with Gasteiger partial charge in [-0.25, -0.2) is 0 Å². The zero-order chi connectivity index (χ0) is 13.8. The van der Waals surface area contributed by atoms with Crippen LogP contribution in [0.3, 0.4) is 0 Å². The molecular formula is C13H18BrN3O2. The van der Waals surface area contributed by atoms with Gasteiger partial charge in [-0.15, -0.1) is 0 Å². The number of carbonyl (C=O) groups excluding carboxylic acids is 1. The van der Waals surface area contributed by atoms with E-state index in [0.717, 1.165) is 4.47 Å². The quantitative estimate of drug-likeness (QED) is 0.813. The highest BCUT2D eigenvalue weighted by Crippen LogP contribution is 2.31. The summed E-state index contributed by atoms with van der Waals surface area (Å²) in [4.78, 5) is 23.2. The van der Waals surface area contributed by atoms with Gasteiger partial charge < -0.3 is 15.6 Å². The molecule has 1 aliphatic rings. The van der Waals surface area contributed by atoms with Crippen molar-refractivity contribution < 1.29 is 4.79 Å². The molecule has 1 aliphatic carbocycles. The van der Waals surface area contributed by atoms with Crippen molar-refractivity contribution in [3.63, 3.8) is 0 Å². The Labute approximate surface area is 120 Å². The number of aromatic nitrogens is 1.